The molecule has 2 rings (SSSR count). The number of aromatic nitrogens is 3. The molecule has 20 heavy (non-hydrogen) atoms. The molecule has 0 unspecified atom stereocenters. The summed E-state index contributed by atoms with van der Waals surface area (Å²) in [7, 11) is 1.96. The van der Waals surface area contributed by atoms with Crippen molar-refractivity contribution >= 4 is 17.5 Å². The van der Waals surface area contributed by atoms with Crippen LogP contribution in [-0.2, 0) is 4.74 Å². The molecular weight excluding hydrogens is 280 g/mol. The molecule has 1 aromatic rings. The number of halogens is 1. The molecule has 1 aliphatic heterocycles. The summed E-state index contributed by atoms with van der Waals surface area (Å²) < 4.78 is 10.8. The maximum absolute atomic E-state index is 5.93. The van der Waals surface area contributed by atoms with E-state index in [0.717, 1.165) is 39.0 Å². The Kier molecular flexibility index (Phi) is 5.79. The van der Waals surface area contributed by atoms with Gasteiger partial charge in [-0.05, 0) is 36.8 Å². The van der Waals surface area contributed by atoms with E-state index in [4.69, 9.17) is 21.1 Å². The van der Waals surface area contributed by atoms with Gasteiger partial charge in [-0.15, -0.1) is 0 Å². The van der Waals surface area contributed by atoms with E-state index in [1.807, 2.05) is 18.9 Å². The van der Waals surface area contributed by atoms with Crippen LogP contribution in [0.2, 0.25) is 5.28 Å². The van der Waals surface area contributed by atoms with Crippen LogP contribution < -0.4 is 9.64 Å². The lowest BCUT2D eigenvalue weighted by Crippen LogP contribution is -2.30. The van der Waals surface area contributed by atoms with Gasteiger partial charge in [-0.3, -0.25) is 0 Å². The Morgan fingerprint density at radius 3 is 2.75 bits per heavy atom. The van der Waals surface area contributed by atoms with E-state index in [9.17, 15) is 0 Å². The summed E-state index contributed by atoms with van der Waals surface area (Å²) in [5.74, 6) is 1.16. The Labute approximate surface area is 124 Å². The molecule has 0 amide bonds. The topological polar surface area (TPSA) is 60.4 Å². The highest BCUT2D eigenvalue weighted by molar-refractivity contribution is 6.28. The Balaban J connectivity index is 2.00. The lowest BCUT2D eigenvalue weighted by Gasteiger charge is -2.27. The molecule has 0 bridgehead atoms. The summed E-state index contributed by atoms with van der Waals surface area (Å²) >= 11 is 5.93. The molecule has 0 aromatic carbocycles. The van der Waals surface area contributed by atoms with E-state index in [2.05, 4.69) is 15.0 Å². The molecule has 1 aliphatic rings. The molecular formula is C13H21ClN4O2. The van der Waals surface area contributed by atoms with Crippen LogP contribution in [0, 0.1) is 5.92 Å². The van der Waals surface area contributed by atoms with Gasteiger partial charge in [0, 0.05) is 26.8 Å². The van der Waals surface area contributed by atoms with Gasteiger partial charge in [-0.1, -0.05) is 6.92 Å². The van der Waals surface area contributed by atoms with Crippen molar-refractivity contribution in [2.45, 2.75) is 26.2 Å². The van der Waals surface area contributed by atoms with Crippen LogP contribution in [0.1, 0.15) is 26.2 Å². The summed E-state index contributed by atoms with van der Waals surface area (Å²) in [6, 6.07) is 0.292. The van der Waals surface area contributed by atoms with Gasteiger partial charge in [-0.2, -0.15) is 15.0 Å². The molecule has 0 aliphatic carbocycles. The zero-order chi connectivity index (χ0) is 14.4. The van der Waals surface area contributed by atoms with Crippen molar-refractivity contribution in [3.05, 3.63) is 5.28 Å². The summed E-state index contributed by atoms with van der Waals surface area (Å²) in [4.78, 5) is 14.4. The Bertz CT molecular complexity index is 427. The first-order valence-electron chi connectivity index (χ1n) is 7.02. The van der Waals surface area contributed by atoms with Crippen LogP contribution in [0.4, 0.5) is 5.95 Å². The van der Waals surface area contributed by atoms with Crippen LogP contribution in [0.15, 0.2) is 0 Å². The highest BCUT2D eigenvalue weighted by Gasteiger charge is 2.18. The Hall–Kier alpha value is -1.14. The van der Waals surface area contributed by atoms with Crippen molar-refractivity contribution in [2.75, 3.05) is 38.3 Å². The fraction of sp³-hybridized carbons (Fsp3) is 0.769. The zero-order valence-corrected chi connectivity index (χ0v) is 12.8. The van der Waals surface area contributed by atoms with E-state index < -0.39 is 0 Å². The predicted molar refractivity (Wildman–Crippen MR) is 77.4 cm³/mol. The largest absolute Gasteiger partial charge is 0.463 e. The first kappa shape index (κ1) is 15.3. The van der Waals surface area contributed by atoms with Crippen LogP contribution in [-0.4, -0.2) is 48.4 Å². The molecule has 1 aromatic heterocycles. The fourth-order valence-corrected chi connectivity index (χ4v) is 2.30. The number of nitrogens with zero attached hydrogens (tertiary/aromatic N) is 4. The van der Waals surface area contributed by atoms with E-state index in [-0.39, 0.29) is 5.28 Å². The second kappa shape index (κ2) is 7.59. The minimum atomic E-state index is 0.167. The van der Waals surface area contributed by atoms with Crippen LogP contribution in [0.3, 0.4) is 0 Å². The Morgan fingerprint density at radius 2 is 2.05 bits per heavy atom. The van der Waals surface area contributed by atoms with Crippen molar-refractivity contribution in [2.24, 2.45) is 5.92 Å². The van der Waals surface area contributed by atoms with Gasteiger partial charge < -0.3 is 14.4 Å². The average Bonchev–Trinajstić information content (AvgIpc) is 2.45. The highest BCUT2D eigenvalue weighted by atomic mass is 35.5. The first-order chi connectivity index (χ1) is 9.69. The van der Waals surface area contributed by atoms with E-state index >= 15 is 0 Å². The number of ether oxygens (including phenoxy) is 2. The Morgan fingerprint density at radius 1 is 1.30 bits per heavy atom. The van der Waals surface area contributed by atoms with Crippen molar-refractivity contribution in [1.29, 1.82) is 0 Å². The molecule has 0 N–H and O–H groups in total. The smallest absolute Gasteiger partial charge is 0.322 e. The number of hydrogen-bond donors (Lipinski definition) is 0. The maximum atomic E-state index is 5.93. The molecule has 112 valence electrons. The summed E-state index contributed by atoms with van der Waals surface area (Å²) in [6.07, 6.45) is 3.04. The van der Waals surface area contributed by atoms with E-state index in [0.29, 0.717) is 24.5 Å². The first-order valence-corrected chi connectivity index (χ1v) is 7.40. The molecule has 2 heterocycles. The minimum Gasteiger partial charge on any atom is -0.463 e. The zero-order valence-electron chi connectivity index (χ0n) is 12.0. The lowest BCUT2D eigenvalue weighted by atomic mass is 10.0. The van der Waals surface area contributed by atoms with E-state index in [1.54, 1.807) is 0 Å². The van der Waals surface area contributed by atoms with Crippen molar-refractivity contribution in [3.63, 3.8) is 0 Å². The number of rotatable bonds is 6. The third-order valence-corrected chi connectivity index (χ3v) is 3.39. The molecule has 6 nitrogen and oxygen atoms in total. The molecule has 0 saturated carbocycles. The lowest BCUT2D eigenvalue weighted by molar-refractivity contribution is 0.0684. The summed E-state index contributed by atoms with van der Waals surface area (Å²) in [5, 5.41) is 0.167. The highest BCUT2D eigenvalue weighted by Crippen LogP contribution is 2.19. The van der Waals surface area contributed by atoms with Gasteiger partial charge in [0.1, 0.15) is 0 Å². The van der Waals surface area contributed by atoms with Gasteiger partial charge in [0.15, 0.2) is 0 Å². The van der Waals surface area contributed by atoms with Gasteiger partial charge in [-0.25, -0.2) is 0 Å². The van der Waals surface area contributed by atoms with E-state index in [1.165, 1.54) is 0 Å². The standard InChI is InChI=1S/C13H21ClN4O2/c1-3-6-20-13-16-11(14)15-12(17-13)18(2)9-10-4-7-19-8-5-10/h10H,3-9H2,1-2H3. The second-order valence-corrected chi connectivity index (χ2v) is 5.31. The third kappa shape index (κ3) is 4.45. The maximum Gasteiger partial charge on any atom is 0.322 e. The second-order valence-electron chi connectivity index (χ2n) is 4.97. The van der Waals surface area contributed by atoms with Gasteiger partial charge in [0.05, 0.1) is 6.61 Å². The van der Waals surface area contributed by atoms with Crippen molar-refractivity contribution < 1.29 is 9.47 Å². The molecule has 1 saturated heterocycles. The minimum absolute atomic E-state index is 0.167. The van der Waals surface area contributed by atoms with Gasteiger partial charge >= 0.3 is 6.01 Å². The molecule has 0 atom stereocenters. The van der Waals surface area contributed by atoms with Crippen LogP contribution in [0.5, 0.6) is 6.01 Å². The summed E-state index contributed by atoms with van der Waals surface area (Å²) in [5.41, 5.74) is 0. The van der Waals surface area contributed by atoms with Gasteiger partial charge in [0.2, 0.25) is 11.2 Å². The normalized spacial score (nSPS) is 16.1. The quantitative estimate of drug-likeness (QED) is 0.802. The number of anilines is 1. The molecule has 7 heteroatoms. The molecule has 0 radical (unpaired) electrons. The predicted octanol–water partition coefficient (Wildman–Crippen LogP) is 2.18. The number of hydrogen-bond acceptors (Lipinski definition) is 6. The summed E-state index contributed by atoms with van der Waals surface area (Å²) in [6.45, 7) is 5.16. The van der Waals surface area contributed by atoms with Crippen LogP contribution >= 0.6 is 11.6 Å². The fourth-order valence-electron chi connectivity index (χ4n) is 2.15. The van der Waals surface area contributed by atoms with Crippen LogP contribution in [0.25, 0.3) is 0 Å². The monoisotopic (exact) mass is 300 g/mol. The molecule has 1 fully saturated rings. The SMILES string of the molecule is CCCOc1nc(Cl)nc(N(C)CC2CCOCC2)n1. The molecule has 0 spiro atoms. The average molecular weight is 301 g/mol. The van der Waals surface area contributed by atoms with Crippen molar-refractivity contribution in [1.82, 2.24) is 15.0 Å². The van der Waals surface area contributed by atoms with Crippen molar-refractivity contribution in [3.8, 4) is 6.01 Å². The van der Waals surface area contributed by atoms with Gasteiger partial charge in [0.25, 0.3) is 0 Å². The third-order valence-electron chi connectivity index (χ3n) is 3.23.